The van der Waals surface area contributed by atoms with Gasteiger partial charge in [-0.05, 0) is 36.6 Å². The minimum absolute atomic E-state index is 0.0656. The van der Waals surface area contributed by atoms with Gasteiger partial charge in [-0.3, -0.25) is 9.36 Å². The van der Waals surface area contributed by atoms with Crippen LogP contribution < -0.4 is 11.0 Å². The minimum Gasteiger partial charge on any atom is -0.351 e. The van der Waals surface area contributed by atoms with Gasteiger partial charge in [0.2, 0.25) is 5.91 Å². The number of alkyl halides is 3. The Kier molecular flexibility index (Phi) is 5.98. The molecule has 1 fully saturated rings. The van der Waals surface area contributed by atoms with Gasteiger partial charge in [-0.25, -0.2) is 9.48 Å². The van der Waals surface area contributed by atoms with Crippen LogP contribution in [-0.4, -0.2) is 26.8 Å². The van der Waals surface area contributed by atoms with Gasteiger partial charge in [-0.1, -0.05) is 42.5 Å². The molecule has 0 radical (unpaired) electrons. The minimum atomic E-state index is -4.49. The van der Waals surface area contributed by atoms with Crippen LogP contribution in [0.1, 0.15) is 30.0 Å². The average Bonchev–Trinajstić information content (AvgIpc) is 3.56. The molecule has 6 nitrogen and oxygen atoms in total. The number of halogens is 3. The Morgan fingerprint density at radius 1 is 1.12 bits per heavy atom. The molecule has 1 aliphatic carbocycles. The second-order valence-corrected chi connectivity index (χ2v) is 7.54. The predicted molar refractivity (Wildman–Crippen MR) is 114 cm³/mol. The van der Waals surface area contributed by atoms with Crippen molar-refractivity contribution in [3.8, 4) is 11.4 Å². The Hall–Kier alpha value is -3.62. The van der Waals surface area contributed by atoms with Gasteiger partial charge in [0.25, 0.3) is 0 Å². The summed E-state index contributed by atoms with van der Waals surface area (Å²) in [5, 5.41) is 6.97. The zero-order valence-corrected chi connectivity index (χ0v) is 17.0. The highest BCUT2D eigenvalue weighted by Gasteiger charge is 2.33. The second-order valence-electron chi connectivity index (χ2n) is 7.54. The SMILES string of the molecule is O=C(/C=C/c1ccccc1)NCCn1nc(-c2cccc(C(F)(F)F)c2)n(C2CC2)c1=O. The summed E-state index contributed by atoms with van der Waals surface area (Å²) in [6, 6.07) is 14.1. The number of hydrogen-bond donors (Lipinski definition) is 1. The van der Waals surface area contributed by atoms with Crippen molar-refractivity contribution in [2.75, 3.05) is 6.54 Å². The van der Waals surface area contributed by atoms with Crippen molar-refractivity contribution in [2.45, 2.75) is 31.6 Å². The maximum absolute atomic E-state index is 13.1. The van der Waals surface area contributed by atoms with Crippen LogP contribution in [0.2, 0.25) is 0 Å². The molecule has 1 aliphatic rings. The summed E-state index contributed by atoms with van der Waals surface area (Å²) in [6.45, 7) is 0.261. The summed E-state index contributed by atoms with van der Waals surface area (Å²) in [4.78, 5) is 24.8. The molecule has 2 aromatic carbocycles. The van der Waals surface area contributed by atoms with Crippen LogP contribution in [0.3, 0.4) is 0 Å². The van der Waals surface area contributed by atoms with Gasteiger partial charge in [0, 0.05) is 24.2 Å². The fourth-order valence-electron chi connectivity index (χ4n) is 3.34. The molecular formula is C23H21F3N4O2. The van der Waals surface area contributed by atoms with Crippen LogP contribution in [-0.2, 0) is 17.5 Å². The Bertz CT molecular complexity index is 1190. The molecule has 0 aliphatic heterocycles. The normalized spacial score (nSPS) is 14.1. The summed E-state index contributed by atoms with van der Waals surface area (Å²) in [7, 11) is 0. The summed E-state index contributed by atoms with van der Waals surface area (Å²) in [6.07, 6.45) is 0.141. The van der Waals surface area contributed by atoms with E-state index < -0.39 is 17.4 Å². The number of nitrogens with one attached hydrogen (secondary N) is 1. The standard InChI is InChI=1S/C23H21F3N4O2/c24-23(25,26)18-8-4-7-17(15-18)21-28-29(22(32)30(21)19-10-11-19)14-13-27-20(31)12-9-16-5-2-1-3-6-16/h1-9,12,15,19H,10-11,13-14H2,(H,27,31)/b12-9+. The number of hydrogen-bond acceptors (Lipinski definition) is 3. The molecule has 32 heavy (non-hydrogen) atoms. The molecule has 1 aromatic heterocycles. The fourth-order valence-corrected chi connectivity index (χ4v) is 3.34. The first-order valence-corrected chi connectivity index (χ1v) is 10.2. The molecule has 1 saturated carbocycles. The molecule has 9 heteroatoms. The molecule has 0 spiro atoms. The first kappa shape index (κ1) is 21.6. The number of aromatic nitrogens is 3. The molecule has 4 rings (SSSR count). The van der Waals surface area contributed by atoms with Crippen LogP contribution in [0.15, 0.2) is 65.5 Å². The van der Waals surface area contributed by atoms with Crippen molar-refractivity contribution in [1.82, 2.24) is 19.7 Å². The molecule has 1 N–H and O–H groups in total. The lowest BCUT2D eigenvalue weighted by atomic mass is 10.1. The highest BCUT2D eigenvalue weighted by atomic mass is 19.4. The number of amides is 1. The Balaban J connectivity index is 1.48. The number of rotatable bonds is 7. The molecule has 0 bridgehead atoms. The van der Waals surface area contributed by atoms with Crippen molar-refractivity contribution in [2.24, 2.45) is 0 Å². The van der Waals surface area contributed by atoms with Gasteiger partial charge in [0.15, 0.2) is 5.82 Å². The van der Waals surface area contributed by atoms with E-state index in [1.165, 1.54) is 27.5 Å². The summed E-state index contributed by atoms with van der Waals surface area (Å²) >= 11 is 0. The van der Waals surface area contributed by atoms with E-state index in [1.807, 2.05) is 30.3 Å². The summed E-state index contributed by atoms with van der Waals surface area (Å²) < 4.78 is 42.0. The maximum atomic E-state index is 13.1. The molecule has 1 heterocycles. The van der Waals surface area contributed by atoms with E-state index in [-0.39, 0.29) is 36.4 Å². The van der Waals surface area contributed by atoms with E-state index in [9.17, 15) is 22.8 Å². The average molecular weight is 442 g/mol. The molecule has 0 saturated heterocycles. The molecule has 0 atom stereocenters. The van der Waals surface area contributed by atoms with Gasteiger partial charge in [0.05, 0.1) is 12.1 Å². The van der Waals surface area contributed by atoms with Crippen LogP contribution in [0, 0.1) is 0 Å². The lowest BCUT2D eigenvalue weighted by Gasteiger charge is -2.09. The zero-order chi connectivity index (χ0) is 22.7. The lowest BCUT2D eigenvalue weighted by Crippen LogP contribution is -2.31. The van der Waals surface area contributed by atoms with Gasteiger partial charge < -0.3 is 5.32 Å². The van der Waals surface area contributed by atoms with E-state index in [0.29, 0.717) is 0 Å². The van der Waals surface area contributed by atoms with Crippen LogP contribution in [0.4, 0.5) is 13.2 Å². The van der Waals surface area contributed by atoms with Crippen LogP contribution in [0.25, 0.3) is 17.5 Å². The monoisotopic (exact) mass is 442 g/mol. The number of nitrogens with zero attached hydrogens (tertiary/aromatic N) is 3. The molecule has 1 amide bonds. The Labute approximate surface area is 182 Å². The lowest BCUT2D eigenvalue weighted by molar-refractivity contribution is -0.137. The van der Waals surface area contributed by atoms with E-state index in [4.69, 9.17) is 0 Å². The molecular weight excluding hydrogens is 421 g/mol. The topological polar surface area (TPSA) is 68.9 Å². The maximum Gasteiger partial charge on any atom is 0.416 e. The third-order valence-corrected chi connectivity index (χ3v) is 5.08. The first-order chi connectivity index (χ1) is 15.3. The quantitative estimate of drug-likeness (QED) is 0.565. The highest BCUT2D eigenvalue weighted by Crippen LogP contribution is 2.37. The highest BCUT2D eigenvalue weighted by molar-refractivity contribution is 5.91. The largest absolute Gasteiger partial charge is 0.416 e. The third kappa shape index (κ3) is 4.99. The third-order valence-electron chi connectivity index (χ3n) is 5.08. The Morgan fingerprint density at radius 3 is 2.56 bits per heavy atom. The van der Waals surface area contributed by atoms with Gasteiger partial charge in [0.1, 0.15) is 0 Å². The predicted octanol–water partition coefficient (Wildman–Crippen LogP) is 3.90. The number of benzene rings is 2. The van der Waals surface area contributed by atoms with E-state index in [2.05, 4.69) is 10.4 Å². The summed E-state index contributed by atoms with van der Waals surface area (Å²) in [5.41, 5.74) is -0.0732. The molecule has 3 aromatic rings. The van der Waals surface area contributed by atoms with Gasteiger partial charge >= 0.3 is 11.9 Å². The fraction of sp³-hybridized carbons (Fsp3) is 0.261. The molecule has 166 valence electrons. The molecule has 0 unspecified atom stereocenters. The summed E-state index contributed by atoms with van der Waals surface area (Å²) in [5.74, 6) is -0.111. The second kappa shape index (κ2) is 8.86. The van der Waals surface area contributed by atoms with E-state index >= 15 is 0 Å². The van der Waals surface area contributed by atoms with Crippen molar-refractivity contribution >= 4 is 12.0 Å². The van der Waals surface area contributed by atoms with Gasteiger partial charge in [-0.15, -0.1) is 5.10 Å². The smallest absolute Gasteiger partial charge is 0.351 e. The van der Waals surface area contributed by atoms with E-state index in [1.54, 1.807) is 6.08 Å². The van der Waals surface area contributed by atoms with Gasteiger partial charge in [-0.2, -0.15) is 13.2 Å². The number of carbonyl (C=O) groups excluding carboxylic acids is 1. The number of carbonyl (C=O) groups is 1. The Morgan fingerprint density at radius 2 is 1.88 bits per heavy atom. The van der Waals surface area contributed by atoms with Crippen LogP contribution >= 0.6 is 0 Å². The van der Waals surface area contributed by atoms with Crippen molar-refractivity contribution in [3.63, 3.8) is 0 Å². The van der Waals surface area contributed by atoms with E-state index in [0.717, 1.165) is 30.5 Å². The van der Waals surface area contributed by atoms with Crippen molar-refractivity contribution in [3.05, 3.63) is 82.3 Å². The first-order valence-electron chi connectivity index (χ1n) is 10.2. The zero-order valence-electron chi connectivity index (χ0n) is 17.0. The van der Waals surface area contributed by atoms with Crippen molar-refractivity contribution < 1.29 is 18.0 Å². The van der Waals surface area contributed by atoms with Crippen LogP contribution in [0.5, 0.6) is 0 Å². The van der Waals surface area contributed by atoms with Crippen molar-refractivity contribution in [1.29, 1.82) is 0 Å².